The summed E-state index contributed by atoms with van der Waals surface area (Å²) < 4.78 is 5.81. The second-order valence-electron chi connectivity index (χ2n) is 4.46. The van der Waals surface area contributed by atoms with Crippen molar-refractivity contribution in [3.8, 4) is 5.88 Å². The van der Waals surface area contributed by atoms with Crippen LogP contribution in [0.3, 0.4) is 0 Å². The van der Waals surface area contributed by atoms with Crippen molar-refractivity contribution in [1.29, 1.82) is 0 Å². The molecule has 2 rings (SSSR count). The first-order valence-electron chi connectivity index (χ1n) is 6.09. The van der Waals surface area contributed by atoms with E-state index in [-0.39, 0.29) is 0 Å². The minimum absolute atomic E-state index is 0.341. The quantitative estimate of drug-likeness (QED) is 0.847. The van der Waals surface area contributed by atoms with Gasteiger partial charge in [0.25, 0.3) is 0 Å². The van der Waals surface area contributed by atoms with Crippen molar-refractivity contribution in [3.05, 3.63) is 23.9 Å². The molecular weight excluding hydrogens is 200 g/mol. The van der Waals surface area contributed by atoms with Gasteiger partial charge in [-0.25, -0.2) is 4.98 Å². The summed E-state index contributed by atoms with van der Waals surface area (Å²) in [5.41, 5.74) is 1.20. The highest BCUT2D eigenvalue weighted by atomic mass is 16.5. The lowest BCUT2D eigenvalue weighted by atomic mass is 10.1. The largest absolute Gasteiger partial charge is 0.474 e. The number of ether oxygens (including phenoxy) is 1. The fraction of sp³-hybridized carbons (Fsp3) is 0.615. The summed E-state index contributed by atoms with van der Waals surface area (Å²) in [5.74, 6) is 0.763. The molecule has 88 valence electrons. The van der Waals surface area contributed by atoms with Crippen molar-refractivity contribution >= 4 is 0 Å². The summed E-state index contributed by atoms with van der Waals surface area (Å²) in [6.45, 7) is 2.12. The van der Waals surface area contributed by atoms with Gasteiger partial charge in [-0.1, -0.05) is 6.07 Å². The summed E-state index contributed by atoms with van der Waals surface area (Å²) in [5, 5.41) is 3.19. The fourth-order valence-electron chi connectivity index (χ4n) is 2.06. The van der Waals surface area contributed by atoms with E-state index >= 15 is 0 Å². The van der Waals surface area contributed by atoms with Crippen molar-refractivity contribution < 1.29 is 4.74 Å². The molecule has 0 saturated heterocycles. The van der Waals surface area contributed by atoms with Gasteiger partial charge in [-0.05, 0) is 45.2 Å². The Labute approximate surface area is 97.2 Å². The third kappa shape index (κ3) is 2.73. The van der Waals surface area contributed by atoms with E-state index in [0.29, 0.717) is 12.1 Å². The van der Waals surface area contributed by atoms with Crippen molar-refractivity contribution in [3.63, 3.8) is 0 Å². The van der Waals surface area contributed by atoms with Crippen LogP contribution in [-0.4, -0.2) is 18.1 Å². The molecule has 1 atom stereocenters. The van der Waals surface area contributed by atoms with E-state index in [1.54, 1.807) is 0 Å². The molecule has 0 aromatic carbocycles. The monoisotopic (exact) mass is 220 g/mol. The molecule has 1 aromatic heterocycles. The second kappa shape index (κ2) is 5.30. The molecule has 0 aliphatic heterocycles. The van der Waals surface area contributed by atoms with Crippen LogP contribution in [0.15, 0.2) is 18.3 Å². The Kier molecular flexibility index (Phi) is 3.78. The molecule has 0 amide bonds. The van der Waals surface area contributed by atoms with Gasteiger partial charge >= 0.3 is 0 Å². The van der Waals surface area contributed by atoms with Crippen molar-refractivity contribution in [2.75, 3.05) is 7.05 Å². The van der Waals surface area contributed by atoms with E-state index in [4.69, 9.17) is 4.74 Å². The van der Waals surface area contributed by atoms with Crippen LogP contribution in [-0.2, 0) is 0 Å². The van der Waals surface area contributed by atoms with Gasteiger partial charge < -0.3 is 10.1 Å². The zero-order valence-corrected chi connectivity index (χ0v) is 10.1. The molecule has 1 aliphatic carbocycles. The molecule has 1 N–H and O–H groups in total. The average molecular weight is 220 g/mol. The highest BCUT2D eigenvalue weighted by Gasteiger charge is 2.16. The van der Waals surface area contributed by atoms with Crippen LogP contribution in [0, 0.1) is 0 Å². The van der Waals surface area contributed by atoms with Crippen LogP contribution in [0.2, 0.25) is 0 Å². The molecular formula is C13H20N2O. The number of pyridine rings is 1. The molecule has 3 heteroatoms. The molecule has 3 nitrogen and oxygen atoms in total. The summed E-state index contributed by atoms with van der Waals surface area (Å²) >= 11 is 0. The normalized spacial score (nSPS) is 18.6. The minimum Gasteiger partial charge on any atom is -0.474 e. The molecule has 1 fully saturated rings. The molecule has 1 unspecified atom stereocenters. The molecule has 0 spiro atoms. The lowest BCUT2D eigenvalue weighted by Crippen LogP contribution is -2.14. The van der Waals surface area contributed by atoms with Crippen LogP contribution in [0.4, 0.5) is 0 Å². The van der Waals surface area contributed by atoms with Gasteiger partial charge in [0.15, 0.2) is 0 Å². The maximum absolute atomic E-state index is 5.81. The lowest BCUT2D eigenvalue weighted by molar-refractivity contribution is 0.201. The molecule has 1 saturated carbocycles. The Bertz CT molecular complexity index is 317. The van der Waals surface area contributed by atoms with Gasteiger partial charge in [0, 0.05) is 18.3 Å². The van der Waals surface area contributed by atoms with E-state index in [0.717, 1.165) is 5.88 Å². The first-order chi connectivity index (χ1) is 7.79. The van der Waals surface area contributed by atoms with Crippen LogP contribution in [0.5, 0.6) is 5.88 Å². The lowest BCUT2D eigenvalue weighted by Gasteiger charge is -2.14. The zero-order valence-electron chi connectivity index (χ0n) is 10.1. The van der Waals surface area contributed by atoms with Crippen LogP contribution in [0.1, 0.15) is 44.2 Å². The Morgan fingerprint density at radius 1 is 1.38 bits per heavy atom. The summed E-state index contributed by atoms with van der Waals surface area (Å²) in [6, 6.07) is 4.40. The van der Waals surface area contributed by atoms with Crippen molar-refractivity contribution in [2.45, 2.75) is 44.8 Å². The molecule has 1 heterocycles. The molecule has 16 heavy (non-hydrogen) atoms. The van der Waals surface area contributed by atoms with E-state index in [1.165, 1.54) is 31.2 Å². The number of nitrogens with zero attached hydrogens (tertiary/aromatic N) is 1. The third-order valence-corrected chi connectivity index (χ3v) is 3.28. The Morgan fingerprint density at radius 3 is 2.69 bits per heavy atom. The number of nitrogens with one attached hydrogen (secondary N) is 1. The first kappa shape index (κ1) is 11.4. The minimum atomic E-state index is 0.341. The number of hydrogen-bond donors (Lipinski definition) is 1. The summed E-state index contributed by atoms with van der Waals surface area (Å²) in [4.78, 5) is 4.35. The predicted molar refractivity (Wildman–Crippen MR) is 64.6 cm³/mol. The topological polar surface area (TPSA) is 34.1 Å². The zero-order chi connectivity index (χ0) is 11.4. The number of hydrogen-bond acceptors (Lipinski definition) is 3. The average Bonchev–Trinajstić information content (AvgIpc) is 2.82. The predicted octanol–water partition coefficient (Wildman–Crippen LogP) is 2.68. The van der Waals surface area contributed by atoms with E-state index in [9.17, 15) is 0 Å². The number of aromatic nitrogens is 1. The second-order valence-corrected chi connectivity index (χ2v) is 4.46. The maximum atomic E-state index is 5.81. The van der Waals surface area contributed by atoms with Gasteiger partial charge in [-0.15, -0.1) is 0 Å². The molecule has 1 aromatic rings. The van der Waals surface area contributed by atoms with Crippen LogP contribution < -0.4 is 10.1 Å². The summed E-state index contributed by atoms with van der Waals surface area (Å²) in [7, 11) is 1.95. The van der Waals surface area contributed by atoms with Gasteiger partial charge in [-0.2, -0.15) is 0 Å². The smallest absolute Gasteiger partial charge is 0.213 e. The Hall–Kier alpha value is -1.09. The van der Waals surface area contributed by atoms with Gasteiger partial charge in [0.2, 0.25) is 5.88 Å². The van der Waals surface area contributed by atoms with E-state index < -0.39 is 0 Å². The Morgan fingerprint density at radius 2 is 2.12 bits per heavy atom. The molecule has 0 radical (unpaired) electrons. The first-order valence-corrected chi connectivity index (χ1v) is 6.09. The van der Waals surface area contributed by atoms with Gasteiger partial charge in [-0.3, -0.25) is 0 Å². The van der Waals surface area contributed by atoms with Gasteiger partial charge in [0.1, 0.15) is 6.10 Å². The highest BCUT2D eigenvalue weighted by molar-refractivity contribution is 5.20. The van der Waals surface area contributed by atoms with Crippen LogP contribution >= 0.6 is 0 Å². The molecule has 0 bridgehead atoms. The van der Waals surface area contributed by atoms with E-state index in [1.807, 2.05) is 19.3 Å². The fourth-order valence-corrected chi connectivity index (χ4v) is 2.06. The van der Waals surface area contributed by atoms with E-state index in [2.05, 4.69) is 23.3 Å². The van der Waals surface area contributed by atoms with Crippen LogP contribution in [0.25, 0.3) is 0 Å². The highest BCUT2D eigenvalue weighted by Crippen LogP contribution is 2.23. The van der Waals surface area contributed by atoms with Gasteiger partial charge in [0.05, 0.1) is 0 Å². The number of rotatable bonds is 4. The SMILES string of the molecule is CNC(C)c1ccc(OC2CCCC2)nc1. The third-order valence-electron chi connectivity index (χ3n) is 3.28. The molecule has 1 aliphatic rings. The Balaban J connectivity index is 1.96. The van der Waals surface area contributed by atoms with Crippen molar-refractivity contribution in [1.82, 2.24) is 10.3 Å². The van der Waals surface area contributed by atoms with Crippen molar-refractivity contribution in [2.24, 2.45) is 0 Å². The maximum Gasteiger partial charge on any atom is 0.213 e. The standard InChI is InChI=1S/C13H20N2O/c1-10(14-2)11-7-8-13(15-9-11)16-12-5-3-4-6-12/h7-10,12,14H,3-6H2,1-2H3. The summed E-state index contributed by atoms with van der Waals surface area (Å²) in [6.07, 6.45) is 7.22.